The summed E-state index contributed by atoms with van der Waals surface area (Å²) in [4.78, 5) is 37.8. The molecule has 23 heavy (non-hydrogen) atoms. The quantitative estimate of drug-likeness (QED) is 0.540. The van der Waals surface area contributed by atoms with Crippen LogP contribution in [0.4, 0.5) is 4.79 Å². The van der Waals surface area contributed by atoms with Crippen molar-refractivity contribution in [1.29, 1.82) is 0 Å². The zero-order valence-corrected chi connectivity index (χ0v) is 14.0. The normalized spacial score (nSPS) is 27.4. The number of carbonyl (C=O) groups is 3. The van der Waals surface area contributed by atoms with E-state index in [-0.39, 0.29) is 24.3 Å². The molecule has 2 N–H and O–H groups in total. The maximum absolute atomic E-state index is 12.7. The monoisotopic (exact) mass is 325 g/mol. The minimum atomic E-state index is -0.801. The first kappa shape index (κ1) is 17.7. The van der Waals surface area contributed by atoms with Crippen LogP contribution in [0.5, 0.6) is 0 Å². The Morgan fingerprint density at radius 2 is 2.22 bits per heavy atom. The van der Waals surface area contributed by atoms with Gasteiger partial charge in [-0.1, -0.05) is 19.8 Å². The summed E-state index contributed by atoms with van der Waals surface area (Å²) in [6, 6.07) is -0.451. The molecule has 2 unspecified atom stereocenters. The van der Waals surface area contributed by atoms with Crippen molar-refractivity contribution in [3.05, 3.63) is 0 Å². The predicted molar refractivity (Wildman–Crippen MR) is 84.7 cm³/mol. The fourth-order valence-corrected chi connectivity index (χ4v) is 3.38. The van der Waals surface area contributed by atoms with Crippen molar-refractivity contribution in [3.63, 3.8) is 0 Å². The second kappa shape index (κ2) is 7.77. The number of nitrogens with zero attached hydrogens (tertiary/aromatic N) is 1. The maximum Gasteiger partial charge on any atom is 0.325 e. The summed E-state index contributed by atoms with van der Waals surface area (Å²) in [7, 11) is 0. The standard InChI is InChI=1S/C16H27N3O4/c1-3-23-10-6-9-17-13(20)11-19-14(21)16(18-15(19)22)8-5-4-7-12(16)2/h12H,3-11H2,1-2H3,(H,17,20)(H,18,22). The van der Waals surface area contributed by atoms with E-state index in [1.807, 2.05) is 13.8 Å². The number of amides is 4. The van der Waals surface area contributed by atoms with E-state index in [0.717, 1.165) is 24.2 Å². The molecule has 2 atom stereocenters. The summed E-state index contributed by atoms with van der Waals surface area (Å²) < 4.78 is 5.19. The largest absolute Gasteiger partial charge is 0.382 e. The second-order valence-corrected chi connectivity index (χ2v) is 6.34. The smallest absolute Gasteiger partial charge is 0.325 e. The van der Waals surface area contributed by atoms with E-state index < -0.39 is 11.6 Å². The zero-order chi connectivity index (χ0) is 16.9. The lowest BCUT2D eigenvalue weighted by Crippen LogP contribution is -2.54. The minimum Gasteiger partial charge on any atom is -0.382 e. The highest BCUT2D eigenvalue weighted by Gasteiger charge is 2.55. The summed E-state index contributed by atoms with van der Waals surface area (Å²) in [5.41, 5.74) is -0.801. The number of ether oxygens (including phenoxy) is 1. The van der Waals surface area contributed by atoms with Crippen LogP contribution in [0.15, 0.2) is 0 Å². The molecule has 4 amide bonds. The van der Waals surface area contributed by atoms with Crippen LogP contribution in [0.25, 0.3) is 0 Å². The number of carbonyl (C=O) groups excluding carboxylic acids is 3. The van der Waals surface area contributed by atoms with Crippen molar-refractivity contribution in [2.45, 2.75) is 51.5 Å². The van der Waals surface area contributed by atoms with Crippen LogP contribution in [-0.4, -0.2) is 54.6 Å². The summed E-state index contributed by atoms with van der Waals surface area (Å²) in [5.74, 6) is -0.461. The molecule has 1 spiro atoms. The molecule has 0 bridgehead atoms. The molecule has 7 heteroatoms. The van der Waals surface area contributed by atoms with Gasteiger partial charge in [-0.25, -0.2) is 4.79 Å². The highest BCUT2D eigenvalue weighted by atomic mass is 16.5. The van der Waals surface area contributed by atoms with Gasteiger partial charge in [-0.15, -0.1) is 0 Å². The predicted octanol–water partition coefficient (Wildman–Crippen LogP) is 1.03. The van der Waals surface area contributed by atoms with Crippen LogP contribution in [-0.2, 0) is 14.3 Å². The minimum absolute atomic E-state index is 0.104. The molecule has 1 saturated heterocycles. The van der Waals surface area contributed by atoms with Gasteiger partial charge in [0.2, 0.25) is 5.91 Å². The molecule has 0 radical (unpaired) electrons. The molecular formula is C16H27N3O4. The van der Waals surface area contributed by atoms with Crippen molar-refractivity contribution >= 4 is 17.8 Å². The van der Waals surface area contributed by atoms with Crippen LogP contribution < -0.4 is 10.6 Å². The highest BCUT2D eigenvalue weighted by molar-refractivity contribution is 6.09. The number of rotatable bonds is 7. The van der Waals surface area contributed by atoms with Crippen molar-refractivity contribution in [2.75, 3.05) is 26.3 Å². The molecule has 2 fully saturated rings. The van der Waals surface area contributed by atoms with Crippen molar-refractivity contribution < 1.29 is 19.1 Å². The first-order valence-corrected chi connectivity index (χ1v) is 8.50. The maximum atomic E-state index is 12.7. The molecule has 0 aromatic rings. The summed E-state index contributed by atoms with van der Waals surface area (Å²) in [6.07, 6.45) is 4.29. The molecule has 0 aromatic carbocycles. The van der Waals surface area contributed by atoms with Crippen molar-refractivity contribution in [3.8, 4) is 0 Å². The third-order valence-corrected chi connectivity index (χ3v) is 4.79. The highest BCUT2D eigenvalue weighted by Crippen LogP contribution is 2.38. The molecule has 130 valence electrons. The molecule has 1 aliphatic carbocycles. The third-order valence-electron chi connectivity index (χ3n) is 4.79. The summed E-state index contributed by atoms with van der Waals surface area (Å²) in [6.45, 7) is 5.40. The van der Waals surface area contributed by atoms with Crippen molar-refractivity contribution in [1.82, 2.24) is 15.5 Å². The number of hydrogen-bond acceptors (Lipinski definition) is 4. The van der Waals surface area contributed by atoms with Crippen molar-refractivity contribution in [2.24, 2.45) is 5.92 Å². The Kier molecular flexibility index (Phi) is 5.98. The topological polar surface area (TPSA) is 87.7 Å². The van der Waals surface area contributed by atoms with E-state index >= 15 is 0 Å². The summed E-state index contributed by atoms with van der Waals surface area (Å²) in [5, 5.41) is 5.56. The van der Waals surface area contributed by atoms with Gasteiger partial charge in [0.25, 0.3) is 5.91 Å². The van der Waals surface area contributed by atoms with Gasteiger partial charge >= 0.3 is 6.03 Å². The van der Waals surface area contributed by atoms with Gasteiger partial charge in [0.15, 0.2) is 0 Å². The Labute approximate surface area is 137 Å². The fraction of sp³-hybridized carbons (Fsp3) is 0.812. The lowest BCUT2D eigenvalue weighted by atomic mass is 9.73. The van der Waals surface area contributed by atoms with Gasteiger partial charge in [0, 0.05) is 19.8 Å². The Morgan fingerprint density at radius 1 is 1.43 bits per heavy atom. The Balaban J connectivity index is 1.87. The first-order valence-electron chi connectivity index (χ1n) is 8.50. The van der Waals surface area contributed by atoms with Crippen LogP contribution in [0.2, 0.25) is 0 Å². The zero-order valence-electron chi connectivity index (χ0n) is 14.0. The van der Waals surface area contributed by atoms with Gasteiger partial charge in [-0.2, -0.15) is 0 Å². The fourth-order valence-electron chi connectivity index (χ4n) is 3.38. The molecule has 0 aromatic heterocycles. The second-order valence-electron chi connectivity index (χ2n) is 6.34. The SMILES string of the molecule is CCOCCCNC(=O)CN1C(=O)NC2(CCCCC2C)C1=O. The number of hydrogen-bond donors (Lipinski definition) is 2. The van der Waals surface area contributed by atoms with Crippen LogP contribution in [0.3, 0.4) is 0 Å². The average molecular weight is 325 g/mol. The van der Waals surface area contributed by atoms with Crippen LogP contribution in [0.1, 0.15) is 46.0 Å². The van der Waals surface area contributed by atoms with Crippen LogP contribution >= 0.6 is 0 Å². The molecule has 7 nitrogen and oxygen atoms in total. The molecular weight excluding hydrogens is 298 g/mol. The van der Waals surface area contributed by atoms with E-state index in [1.54, 1.807) is 0 Å². The van der Waals surface area contributed by atoms with E-state index in [4.69, 9.17) is 4.74 Å². The molecule has 1 heterocycles. The lowest BCUT2D eigenvalue weighted by molar-refractivity contribution is -0.137. The lowest BCUT2D eigenvalue weighted by Gasteiger charge is -2.36. The van der Waals surface area contributed by atoms with E-state index in [9.17, 15) is 14.4 Å². The van der Waals surface area contributed by atoms with Crippen LogP contribution in [0, 0.1) is 5.92 Å². The number of imide groups is 1. The van der Waals surface area contributed by atoms with Gasteiger partial charge in [-0.3, -0.25) is 14.5 Å². The van der Waals surface area contributed by atoms with Gasteiger partial charge in [-0.05, 0) is 32.1 Å². The van der Waals surface area contributed by atoms with Gasteiger partial charge in [0.05, 0.1) is 0 Å². The molecule has 1 saturated carbocycles. The molecule has 2 aliphatic rings. The number of urea groups is 1. The average Bonchev–Trinajstić information content (AvgIpc) is 2.75. The summed E-state index contributed by atoms with van der Waals surface area (Å²) >= 11 is 0. The van der Waals surface area contributed by atoms with Gasteiger partial charge in [0.1, 0.15) is 12.1 Å². The van der Waals surface area contributed by atoms with E-state index in [2.05, 4.69) is 10.6 Å². The molecule has 2 rings (SSSR count). The first-order chi connectivity index (χ1) is 11.0. The molecule has 1 aliphatic heterocycles. The Hall–Kier alpha value is -1.63. The van der Waals surface area contributed by atoms with Gasteiger partial charge < -0.3 is 15.4 Å². The third kappa shape index (κ3) is 3.83. The number of nitrogens with one attached hydrogen (secondary N) is 2. The Bertz CT molecular complexity index is 468. The Morgan fingerprint density at radius 3 is 2.91 bits per heavy atom. The van der Waals surface area contributed by atoms with E-state index in [1.165, 1.54) is 0 Å². The van der Waals surface area contributed by atoms with E-state index in [0.29, 0.717) is 32.6 Å².